The van der Waals surface area contributed by atoms with Crippen molar-refractivity contribution in [2.75, 3.05) is 7.11 Å². The van der Waals surface area contributed by atoms with E-state index in [-0.39, 0.29) is 6.04 Å². The first-order valence-electron chi connectivity index (χ1n) is 6.69. The maximum Gasteiger partial charge on any atom is 0.207 e. The zero-order valence-corrected chi connectivity index (χ0v) is 10.9. The second-order valence-electron chi connectivity index (χ2n) is 4.93. The first-order chi connectivity index (χ1) is 8.85. The Morgan fingerprint density at radius 1 is 1.22 bits per heavy atom. The van der Waals surface area contributed by atoms with Gasteiger partial charge in [-0.3, -0.25) is 4.79 Å². The van der Waals surface area contributed by atoms with Gasteiger partial charge in [0.1, 0.15) is 5.75 Å². The fourth-order valence-corrected chi connectivity index (χ4v) is 2.86. The molecule has 0 aromatic heterocycles. The lowest BCUT2D eigenvalue weighted by Gasteiger charge is -2.30. The molecule has 18 heavy (non-hydrogen) atoms. The van der Waals surface area contributed by atoms with Crippen molar-refractivity contribution < 1.29 is 9.53 Å². The van der Waals surface area contributed by atoms with Gasteiger partial charge in [0.2, 0.25) is 6.41 Å². The first kappa shape index (κ1) is 12.9. The van der Waals surface area contributed by atoms with Crippen LogP contribution >= 0.6 is 0 Å². The number of amides is 1. The summed E-state index contributed by atoms with van der Waals surface area (Å²) in [7, 11) is 1.66. The van der Waals surface area contributed by atoms with E-state index in [1.807, 2.05) is 12.1 Å². The normalized spacial score (nSPS) is 18.1. The van der Waals surface area contributed by atoms with E-state index >= 15 is 0 Å². The Kier molecular flexibility index (Phi) is 4.62. The summed E-state index contributed by atoms with van der Waals surface area (Å²) >= 11 is 0. The summed E-state index contributed by atoms with van der Waals surface area (Å²) in [4.78, 5) is 10.8. The van der Waals surface area contributed by atoms with Crippen molar-refractivity contribution in [2.45, 2.75) is 38.1 Å². The molecule has 1 atom stereocenters. The van der Waals surface area contributed by atoms with Crippen LogP contribution in [0.5, 0.6) is 5.75 Å². The molecule has 1 unspecified atom stereocenters. The highest BCUT2D eigenvalue weighted by molar-refractivity contribution is 5.48. The molecular formula is C15H21NO2. The lowest BCUT2D eigenvalue weighted by atomic mass is 9.81. The lowest BCUT2D eigenvalue weighted by Crippen LogP contribution is -2.28. The molecule has 1 fully saturated rings. The Morgan fingerprint density at radius 2 is 1.89 bits per heavy atom. The summed E-state index contributed by atoms with van der Waals surface area (Å²) in [6, 6.07) is 8.16. The Bertz CT molecular complexity index is 369. The quantitative estimate of drug-likeness (QED) is 0.812. The Labute approximate surface area is 109 Å². The smallest absolute Gasteiger partial charge is 0.207 e. The minimum atomic E-state index is 0.147. The lowest BCUT2D eigenvalue weighted by molar-refractivity contribution is -0.110. The monoisotopic (exact) mass is 247 g/mol. The molecule has 1 saturated carbocycles. The van der Waals surface area contributed by atoms with Crippen LogP contribution in [0.4, 0.5) is 0 Å². The highest BCUT2D eigenvalue weighted by Crippen LogP contribution is 2.34. The standard InChI is InChI=1S/C15H21NO2/c1-18-14-9-7-13(8-10-14)15(16-11-17)12-5-3-2-4-6-12/h7-12,15H,2-6H2,1H3,(H,16,17). The fourth-order valence-electron chi connectivity index (χ4n) is 2.86. The van der Waals surface area contributed by atoms with Gasteiger partial charge in [-0.25, -0.2) is 0 Å². The van der Waals surface area contributed by atoms with Gasteiger partial charge in [-0.2, -0.15) is 0 Å². The Hall–Kier alpha value is -1.51. The molecule has 0 saturated heterocycles. The van der Waals surface area contributed by atoms with E-state index < -0.39 is 0 Å². The molecule has 0 spiro atoms. The molecule has 98 valence electrons. The number of ether oxygens (including phenoxy) is 1. The van der Waals surface area contributed by atoms with Crippen LogP contribution in [0.2, 0.25) is 0 Å². The van der Waals surface area contributed by atoms with Crippen LogP contribution < -0.4 is 10.1 Å². The molecule has 1 aromatic rings. The van der Waals surface area contributed by atoms with Gasteiger partial charge >= 0.3 is 0 Å². The van der Waals surface area contributed by atoms with E-state index in [9.17, 15) is 4.79 Å². The average Bonchev–Trinajstić information content (AvgIpc) is 2.46. The third kappa shape index (κ3) is 3.03. The molecule has 3 heteroatoms. The van der Waals surface area contributed by atoms with E-state index in [4.69, 9.17) is 4.74 Å². The number of rotatable bonds is 5. The van der Waals surface area contributed by atoms with Gasteiger partial charge in [-0.1, -0.05) is 31.4 Å². The second-order valence-corrected chi connectivity index (χ2v) is 4.93. The van der Waals surface area contributed by atoms with Gasteiger partial charge < -0.3 is 10.1 Å². The van der Waals surface area contributed by atoms with Crippen LogP contribution in [-0.4, -0.2) is 13.5 Å². The molecule has 1 amide bonds. The third-order valence-electron chi connectivity index (χ3n) is 3.84. The maximum atomic E-state index is 10.8. The van der Waals surface area contributed by atoms with Crippen molar-refractivity contribution in [3.8, 4) is 5.75 Å². The van der Waals surface area contributed by atoms with Crippen LogP contribution in [0.15, 0.2) is 24.3 Å². The minimum Gasteiger partial charge on any atom is -0.497 e. The van der Waals surface area contributed by atoms with Crippen molar-refractivity contribution in [1.82, 2.24) is 5.32 Å². The Balaban J connectivity index is 2.13. The SMILES string of the molecule is COc1ccc(C(NC=O)C2CCCCC2)cc1. The van der Waals surface area contributed by atoms with Gasteiger partial charge in [0.25, 0.3) is 0 Å². The highest BCUT2D eigenvalue weighted by Gasteiger charge is 2.24. The minimum absolute atomic E-state index is 0.147. The molecular weight excluding hydrogens is 226 g/mol. The summed E-state index contributed by atoms with van der Waals surface area (Å²) in [5.74, 6) is 1.42. The van der Waals surface area contributed by atoms with Crippen LogP contribution in [0, 0.1) is 5.92 Å². The van der Waals surface area contributed by atoms with Crippen LogP contribution in [0.25, 0.3) is 0 Å². The Morgan fingerprint density at radius 3 is 2.44 bits per heavy atom. The van der Waals surface area contributed by atoms with Crippen molar-refractivity contribution in [2.24, 2.45) is 5.92 Å². The van der Waals surface area contributed by atoms with Gasteiger partial charge in [0, 0.05) is 0 Å². The summed E-state index contributed by atoms with van der Waals surface area (Å²) in [5.41, 5.74) is 1.18. The molecule has 1 aliphatic carbocycles. The number of carbonyl (C=O) groups excluding carboxylic acids is 1. The predicted octanol–water partition coefficient (Wildman–Crippen LogP) is 3.06. The second kappa shape index (κ2) is 6.43. The van der Waals surface area contributed by atoms with Crippen LogP contribution in [0.1, 0.15) is 43.7 Å². The van der Waals surface area contributed by atoms with Crippen molar-refractivity contribution in [1.29, 1.82) is 0 Å². The fraction of sp³-hybridized carbons (Fsp3) is 0.533. The number of hydrogen-bond acceptors (Lipinski definition) is 2. The molecule has 0 aliphatic heterocycles. The summed E-state index contributed by atoms with van der Waals surface area (Å²) < 4.78 is 5.16. The van der Waals surface area contributed by atoms with Crippen molar-refractivity contribution in [3.05, 3.63) is 29.8 Å². The van der Waals surface area contributed by atoms with E-state index in [0.717, 1.165) is 12.2 Å². The van der Waals surface area contributed by atoms with E-state index in [1.165, 1.54) is 37.7 Å². The summed E-state index contributed by atoms with van der Waals surface area (Å²) in [6.45, 7) is 0. The summed E-state index contributed by atoms with van der Waals surface area (Å²) in [5, 5.41) is 2.98. The van der Waals surface area contributed by atoms with Crippen molar-refractivity contribution in [3.63, 3.8) is 0 Å². The van der Waals surface area contributed by atoms with Crippen molar-refractivity contribution >= 4 is 6.41 Å². The largest absolute Gasteiger partial charge is 0.497 e. The van der Waals surface area contributed by atoms with Gasteiger partial charge in [0.05, 0.1) is 13.2 Å². The summed E-state index contributed by atoms with van der Waals surface area (Å²) in [6.07, 6.45) is 7.11. The number of nitrogens with one attached hydrogen (secondary N) is 1. The average molecular weight is 247 g/mol. The molecule has 3 nitrogen and oxygen atoms in total. The van der Waals surface area contributed by atoms with E-state index in [2.05, 4.69) is 17.4 Å². The first-order valence-corrected chi connectivity index (χ1v) is 6.69. The molecule has 1 N–H and O–H groups in total. The zero-order valence-electron chi connectivity index (χ0n) is 10.9. The molecule has 1 aliphatic rings. The molecule has 1 aromatic carbocycles. The van der Waals surface area contributed by atoms with Crippen LogP contribution in [-0.2, 0) is 4.79 Å². The van der Waals surface area contributed by atoms with Gasteiger partial charge in [-0.15, -0.1) is 0 Å². The molecule has 0 bridgehead atoms. The van der Waals surface area contributed by atoms with Gasteiger partial charge in [0.15, 0.2) is 0 Å². The number of carbonyl (C=O) groups is 1. The molecule has 0 heterocycles. The van der Waals surface area contributed by atoms with Crippen LogP contribution in [0.3, 0.4) is 0 Å². The maximum absolute atomic E-state index is 10.8. The van der Waals surface area contributed by atoms with E-state index in [0.29, 0.717) is 5.92 Å². The van der Waals surface area contributed by atoms with E-state index in [1.54, 1.807) is 7.11 Å². The predicted molar refractivity (Wildman–Crippen MR) is 71.5 cm³/mol. The molecule has 2 rings (SSSR count). The zero-order chi connectivity index (χ0) is 12.8. The molecule has 0 radical (unpaired) electrons. The highest BCUT2D eigenvalue weighted by atomic mass is 16.5. The number of benzene rings is 1. The number of hydrogen-bond donors (Lipinski definition) is 1. The number of methoxy groups -OCH3 is 1. The third-order valence-corrected chi connectivity index (χ3v) is 3.84. The van der Waals surface area contributed by atoms with Gasteiger partial charge in [-0.05, 0) is 36.5 Å². The topological polar surface area (TPSA) is 38.3 Å².